The van der Waals surface area contributed by atoms with Crippen molar-refractivity contribution in [3.63, 3.8) is 0 Å². The number of benzene rings is 1. The summed E-state index contributed by atoms with van der Waals surface area (Å²) in [7, 11) is 0. The van der Waals surface area contributed by atoms with Gasteiger partial charge in [-0.1, -0.05) is 6.92 Å². The van der Waals surface area contributed by atoms with Crippen LogP contribution in [0.15, 0.2) is 24.3 Å². The molecule has 0 heterocycles. The van der Waals surface area contributed by atoms with E-state index in [0.717, 1.165) is 6.42 Å². The number of hydrogen-bond acceptors (Lipinski definition) is 3. The monoisotopic (exact) mass is 259 g/mol. The van der Waals surface area contributed by atoms with Crippen LogP contribution in [0.1, 0.15) is 36.5 Å². The van der Waals surface area contributed by atoms with Gasteiger partial charge in [0.2, 0.25) is 5.91 Å². The molecule has 0 spiro atoms. The highest BCUT2D eigenvalue weighted by atomic mass is 16.5. The fourth-order valence-corrected chi connectivity index (χ4v) is 1.38. The van der Waals surface area contributed by atoms with Gasteiger partial charge >= 0.3 is 5.97 Å². The lowest BCUT2D eigenvalue weighted by atomic mass is 10.2. The van der Waals surface area contributed by atoms with E-state index < -0.39 is 0 Å². The highest BCUT2D eigenvalue weighted by Gasteiger charge is 2.07. The van der Waals surface area contributed by atoms with Crippen molar-refractivity contribution in [2.24, 2.45) is 0 Å². The molecule has 0 aliphatic carbocycles. The molecule has 0 unspecified atom stereocenters. The molecule has 0 aromatic heterocycles. The first kappa shape index (κ1) is 14.8. The van der Waals surface area contributed by atoms with E-state index in [-0.39, 0.29) is 18.3 Å². The van der Waals surface area contributed by atoms with Crippen LogP contribution in [0.25, 0.3) is 0 Å². The van der Waals surface area contributed by atoms with Crippen LogP contribution in [0.4, 0.5) is 5.69 Å². The molecule has 0 aliphatic rings. The van der Waals surface area contributed by atoms with E-state index in [1.165, 1.54) is 0 Å². The highest BCUT2D eigenvalue weighted by molar-refractivity contribution is 5.93. The van der Waals surface area contributed by atoms with E-state index in [1.807, 2.05) is 6.92 Å². The van der Waals surface area contributed by atoms with Crippen molar-refractivity contribution >= 4 is 17.6 Å². The third-order valence-corrected chi connectivity index (χ3v) is 2.34. The van der Waals surface area contributed by atoms with Gasteiger partial charge in [0.1, 0.15) is 0 Å². The first-order valence-corrected chi connectivity index (χ1v) is 6.18. The molecule has 1 rings (SSSR count). The maximum absolute atomic E-state index is 11.5. The summed E-state index contributed by atoms with van der Waals surface area (Å²) in [6.07, 6.45) is 6.57. The molecule has 0 saturated carbocycles. The summed E-state index contributed by atoms with van der Waals surface area (Å²) in [5, 5.41) is 2.70. The third kappa shape index (κ3) is 5.26. The Kier molecular flexibility index (Phi) is 6.17. The van der Waals surface area contributed by atoms with E-state index in [4.69, 9.17) is 11.2 Å². The summed E-state index contributed by atoms with van der Waals surface area (Å²) in [6.45, 7) is 2.34. The minimum atomic E-state index is -0.355. The van der Waals surface area contributed by atoms with E-state index in [2.05, 4.69) is 11.2 Å². The molecule has 1 aromatic rings. The number of ether oxygens (including phenoxy) is 1. The van der Waals surface area contributed by atoms with Gasteiger partial charge in [0.25, 0.3) is 0 Å². The second-order valence-electron chi connectivity index (χ2n) is 3.97. The summed E-state index contributed by atoms with van der Waals surface area (Å²) in [5.41, 5.74) is 1.10. The summed E-state index contributed by atoms with van der Waals surface area (Å²) >= 11 is 0. The quantitative estimate of drug-likeness (QED) is 0.631. The SMILES string of the molecule is C#CCCC(=O)Nc1ccc(C(=O)OCCC)cc1. The molecule has 1 N–H and O–H groups in total. The lowest BCUT2D eigenvalue weighted by Crippen LogP contribution is -2.11. The smallest absolute Gasteiger partial charge is 0.338 e. The van der Waals surface area contributed by atoms with Gasteiger partial charge in [-0.15, -0.1) is 12.3 Å². The summed E-state index contributed by atoms with van der Waals surface area (Å²) < 4.78 is 5.00. The van der Waals surface area contributed by atoms with E-state index in [1.54, 1.807) is 24.3 Å². The molecular formula is C15H17NO3. The van der Waals surface area contributed by atoms with E-state index >= 15 is 0 Å². The van der Waals surface area contributed by atoms with Gasteiger partial charge in [0, 0.05) is 18.5 Å². The van der Waals surface area contributed by atoms with Crippen LogP contribution in [-0.4, -0.2) is 18.5 Å². The number of anilines is 1. The van der Waals surface area contributed by atoms with Gasteiger partial charge < -0.3 is 10.1 Å². The zero-order valence-corrected chi connectivity index (χ0v) is 10.9. The Morgan fingerprint density at radius 2 is 2.00 bits per heavy atom. The van der Waals surface area contributed by atoms with Crippen molar-refractivity contribution < 1.29 is 14.3 Å². The number of terminal acetylenes is 1. The van der Waals surface area contributed by atoms with Crippen molar-refractivity contribution in [3.8, 4) is 12.3 Å². The molecule has 1 aromatic carbocycles. The van der Waals surface area contributed by atoms with E-state index in [9.17, 15) is 9.59 Å². The number of rotatable bonds is 6. The first-order valence-electron chi connectivity index (χ1n) is 6.18. The summed E-state index contributed by atoms with van der Waals surface area (Å²) in [4.78, 5) is 23.0. The average Bonchev–Trinajstić information content (AvgIpc) is 2.43. The van der Waals surface area contributed by atoms with Gasteiger partial charge in [-0.2, -0.15) is 0 Å². The van der Waals surface area contributed by atoms with Crippen LogP contribution in [0, 0.1) is 12.3 Å². The van der Waals surface area contributed by atoms with Gasteiger partial charge in [-0.3, -0.25) is 4.79 Å². The predicted octanol–water partition coefficient (Wildman–Crippen LogP) is 2.61. The van der Waals surface area contributed by atoms with Crippen molar-refractivity contribution in [3.05, 3.63) is 29.8 Å². The minimum Gasteiger partial charge on any atom is -0.462 e. The van der Waals surface area contributed by atoms with Gasteiger partial charge in [0.05, 0.1) is 12.2 Å². The van der Waals surface area contributed by atoms with Crippen LogP contribution in [0.2, 0.25) is 0 Å². The minimum absolute atomic E-state index is 0.140. The molecule has 0 bridgehead atoms. The van der Waals surface area contributed by atoms with Crippen LogP contribution < -0.4 is 5.32 Å². The van der Waals surface area contributed by atoms with Crippen molar-refractivity contribution in [1.82, 2.24) is 0 Å². The average molecular weight is 259 g/mol. The number of carbonyl (C=O) groups excluding carboxylic acids is 2. The standard InChI is InChI=1S/C15H17NO3/c1-3-5-6-14(17)16-13-9-7-12(8-10-13)15(18)19-11-4-2/h1,7-10H,4-6,11H2,2H3,(H,16,17). The van der Waals surface area contributed by atoms with Crippen molar-refractivity contribution in [2.45, 2.75) is 26.2 Å². The molecule has 0 fully saturated rings. The maximum atomic E-state index is 11.5. The Morgan fingerprint density at radius 3 is 2.58 bits per heavy atom. The summed E-state index contributed by atoms with van der Waals surface area (Å²) in [6, 6.07) is 6.57. The predicted molar refractivity (Wildman–Crippen MR) is 73.7 cm³/mol. The third-order valence-electron chi connectivity index (χ3n) is 2.34. The Labute approximate surface area is 113 Å². The number of amides is 1. The maximum Gasteiger partial charge on any atom is 0.338 e. The second-order valence-corrected chi connectivity index (χ2v) is 3.97. The molecule has 0 radical (unpaired) electrons. The van der Waals surface area contributed by atoms with Crippen LogP contribution >= 0.6 is 0 Å². The molecular weight excluding hydrogens is 242 g/mol. The fraction of sp³-hybridized carbons (Fsp3) is 0.333. The largest absolute Gasteiger partial charge is 0.462 e. The second kappa shape index (κ2) is 7.93. The Balaban J connectivity index is 2.54. The zero-order chi connectivity index (χ0) is 14.1. The molecule has 0 saturated heterocycles. The Bertz CT molecular complexity index is 471. The van der Waals surface area contributed by atoms with Crippen LogP contribution in [-0.2, 0) is 9.53 Å². The van der Waals surface area contributed by atoms with E-state index in [0.29, 0.717) is 24.3 Å². The molecule has 0 atom stereocenters. The number of carbonyl (C=O) groups is 2. The normalized spacial score (nSPS) is 9.47. The van der Waals surface area contributed by atoms with Gasteiger partial charge in [0.15, 0.2) is 0 Å². The number of hydrogen-bond donors (Lipinski definition) is 1. The molecule has 19 heavy (non-hydrogen) atoms. The molecule has 1 amide bonds. The molecule has 100 valence electrons. The number of nitrogens with one attached hydrogen (secondary N) is 1. The van der Waals surface area contributed by atoms with Crippen molar-refractivity contribution in [2.75, 3.05) is 11.9 Å². The zero-order valence-electron chi connectivity index (χ0n) is 10.9. The Morgan fingerprint density at radius 1 is 1.32 bits per heavy atom. The topological polar surface area (TPSA) is 55.4 Å². The number of esters is 1. The lowest BCUT2D eigenvalue weighted by Gasteiger charge is -2.06. The molecule has 4 nitrogen and oxygen atoms in total. The lowest BCUT2D eigenvalue weighted by molar-refractivity contribution is -0.116. The van der Waals surface area contributed by atoms with Crippen LogP contribution in [0.3, 0.4) is 0 Å². The molecule has 0 aliphatic heterocycles. The molecule has 4 heteroatoms. The fourth-order valence-electron chi connectivity index (χ4n) is 1.38. The van der Waals surface area contributed by atoms with Gasteiger partial charge in [-0.05, 0) is 30.7 Å². The van der Waals surface area contributed by atoms with Crippen molar-refractivity contribution in [1.29, 1.82) is 0 Å². The highest BCUT2D eigenvalue weighted by Crippen LogP contribution is 2.11. The van der Waals surface area contributed by atoms with Crippen LogP contribution in [0.5, 0.6) is 0 Å². The van der Waals surface area contributed by atoms with Gasteiger partial charge in [-0.25, -0.2) is 4.79 Å². The first-order chi connectivity index (χ1) is 9.17. The Hall–Kier alpha value is -2.28. The summed E-state index contributed by atoms with van der Waals surface area (Å²) in [5.74, 6) is 1.91.